The number of carbonyl (C=O) groups is 3. The van der Waals surface area contributed by atoms with Gasteiger partial charge in [-0.2, -0.15) is 0 Å². The number of carbonyl (C=O) groups excluding carboxylic acids is 2. The number of benzene rings is 1. The molecular weight excluding hydrogens is 368 g/mol. The van der Waals surface area contributed by atoms with E-state index >= 15 is 0 Å². The van der Waals surface area contributed by atoms with Crippen molar-refractivity contribution in [2.45, 2.75) is 64.4 Å². The Labute approximate surface area is 171 Å². The van der Waals surface area contributed by atoms with Crippen LogP contribution >= 0.6 is 0 Å². The van der Waals surface area contributed by atoms with E-state index in [2.05, 4.69) is 6.92 Å². The molecule has 0 aliphatic heterocycles. The number of carboxylic acid groups (broad SMARTS) is 1. The first-order valence-corrected chi connectivity index (χ1v) is 10.9. The molecule has 0 spiro atoms. The molecule has 1 N–H and O–H groups in total. The highest BCUT2D eigenvalue weighted by atomic mass is 16.5. The van der Waals surface area contributed by atoms with Crippen LogP contribution in [0.15, 0.2) is 30.3 Å². The molecule has 0 amide bonds. The monoisotopic (exact) mass is 398 g/mol. The van der Waals surface area contributed by atoms with Crippen LogP contribution in [-0.4, -0.2) is 28.9 Å². The van der Waals surface area contributed by atoms with Gasteiger partial charge < -0.3 is 9.84 Å². The number of carboxylic acids is 1. The van der Waals surface area contributed by atoms with Crippen molar-refractivity contribution in [1.29, 1.82) is 0 Å². The molecule has 4 rings (SSSR count). The van der Waals surface area contributed by atoms with Crippen molar-refractivity contribution in [1.82, 2.24) is 0 Å². The molecule has 0 heterocycles. The summed E-state index contributed by atoms with van der Waals surface area (Å²) in [7, 11) is 0. The van der Waals surface area contributed by atoms with E-state index in [0.29, 0.717) is 30.2 Å². The minimum Gasteiger partial charge on any atom is -0.481 e. The van der Waals surface area contributed by atoms with Gasteiger partial charge in [0.05, 0.1) is 5.56 Å². The maximum atomic E-state index is 12.6. The van der Waals surface area contributed by atoms with Crippen molar-refractivity contribution in [2.24, 2.45) is 29.1 Å². The van der Waals surface area contributed by atoms with Gasteiger partial charge in [-0.1, -0.05) is 25.1 Å². The average molecular weight is 398 g/mol. The molecule has 29 heavy (non-hydrogen) atoms. The highest BCUT2D eigenvalue weighted by molar-refractivity contribution is 5.89. The second-order valence-corrected chi connectivity index (χ2v) is 9.36. The largest absolute Gasteiger partial charge is 0.481 e. The molecule has 6 atom stereocenters. The number of ketones is 1. The van der Waals surface area contributed by atoms with Crippen molar-refractivity contribution in [3.05, 3.63) is 35.9 Å². The number of esters is 1. The van der Waals surface area contributed by atoms with E-state index in [1.165, 1.54) is 0 Å². The summed E-state index contributed by atoms with van der Waals surface area (Å²) in [4.78, 5) is 36.2. The molecule has 1 aromatic rings. The lowest BCUT2D eigenvalue weighted by molar-refractivity contribution is -0.140. The van der Waals surface area contributed by atoms with E-state index in [4.69, 9.17) is 9.84 Å². The molecule has 0 saturated heterocycles. The van der Waals surface area contributed by atoms with Crippen molar-refractivity contribution >= 4 is 17.7 Å². The van der Waals surface area contributed by atoms with Gasteiger partial charge in [-0.15, -0.1) is 0 Å². The molecule has 5 nitrogen and oxygen atoms in total. The molecule has 5 heteroatoms. The summed E-state index contributed by atoms with van der Waals surface area (Å²) in [6.07, 6.45) is 5.65. The predicted molar refractivity (Wildman–Crippen MR) is 107 cm³/mol. The van der Waals surface area contributed by atoms with Crippen molar-refractivity contribution in [3.63, 3.8) is 0 Å². The number of aliphatic carboxylic acids is 1. The van der Waals surface area contributed by atoms with Crippen molar-refractivity contribution in [3.8, 4) is 0 Å². The fourth-order valence-electron chi connectivity index (χ4n) is 6.54. The number of rotatable bonds is 5. The van der Waals surface area contributed by atoms with Gasteiger partial charge >= 0.3 is 11.9 Å². The Kier molecular flexibility index (Phi) is 5.50. The minimum absolute atomic E-state index is 0.0522. The Morgan fingerprint density at radius 3 is 2.59 bits per heavy atom. The Hall–Kier alpha value is -2.17. The zero-order valence-corrected chi connectivity index (χ0v) is 17.0. The molecule has 0 radical (unpaired) electrons. The third-order valence-corrected chi connectivity index (χ3v) is 7.99. The van der Waals surface area contributed by atoms with Crippen LogP contribution in [0.3, 0.4) is 0 Å². The van der Waals surface area contributed by atoms with Crippen LogP contribution < -0.4 is 0 Å². The van der Waals surface area contributed by atoms with Crippen LogP contribution in [-0.2, 0) is 14.3 Å². The predicted octanol–water partition coefficient (Wildman–Crippen LogP) is 4.50. The van der Waals surface area contributed by atoms with Gasteiger partial charge in [0.25, 0.3) is 0 Å². The lowest BCUT2D eigenvalue weighted by Crippen LogP contribution is -2.49. The van der Waals surface area contributed by atoms with Gasteiger partial charge in [0.1, 0.15) is 11.9 Å². The second-order valence-electron chi connectivity index (χ2n) is 9.36. The van der Waals surface area contributed by atoms with Gasteiger partial charge in [-0.3, -0.25) is 9.59 Å². The van der Waals surface area contributed by atoms with E-state index in [1.54, 1.807) is 12.1 Å². The maximum absolute atomic E-state index is 12.6. The number of hydrogen-bond donors (Lipinski definition) is 1. The molecule has 0 bridgehead atoms. The number of hydrogen-bond acceptors (Lipinski definition) is 4. The molecule has 0 unspecified atom stereocenters. The van der Waals surface area contributed by atoms with E-state index in [0.717, 1.165) is 32.1 Å². The van der Waals surface area contributed by atoms with E-state index in [1.807, 2.05) is 18.2 Å². The first-order valence-electron chi connectivity index (χ1n) is 10.9. The summed E-state index contributed by atoms with van der Waals surface area (Å²) in [5, 5.41) is 9.07. The van der Waals surface area contributed by atoms with Gasteiger partial charge in [0, 0.05) is 24.2 Å². The van der Waals surface area contributed by atoms with Gasteiger partial charge in [0.2, 0.25) is 0 Å². The van der Waals surface area contributed by atoms with Crippen LogP contribution in [0.5, 0.6) is 0 Å². The molecule has 3 aliphatic carbocycles. The Morgan fingerprint density at radius 2 is 1.86 bits per heavy atom. The van der Waals surface area contributed by atoms with E-state index in [9.17, 15) is 14.4 Å². The quantitative estimate of drug-likeness (QED) is 0.739. The van der Waals surface area contributed by atoms with E-state index in [-0.39, 0.29) is 41.5 Å². The summed E-state index contributed by atoms with van der Waals surface area (Å²) in [6.45, 7) is 2.26. The highest BCUT2D eigenvalue weighted by Gasteiger charge is 2.57. The van der Waals surface area contributed by atoms with Gasteiger partial charge in [-0.25, -0.2) is 4.79 Å². The first-order chi connectivity index (χ1) is 13.9. The average Bonchev–Trinajstić information content (AvgIpc) is 3.04. The smallest absolute Gasteiger partial charge is 0.338 e. The molecule has 1 aromatic carbocycles. The summed E-state index contributed by atoms with van der Waals surface area (Å²) < 4.78 is 5.99. The minimum atomic E-state index is -0.825. The lowest BCUT2D eigenvalue weighted by Gasteiger charge is -2.51. The zero-order chi connectivity index (χ0) is 20.6. The maximum Gasteiger partial charge on any atom is 0.338 e. The summed E-state index contributed by atoms with van der Waals surface area (Å²) in [5.74, 6) is 0.228. The summed E-state index contributed by atoms with van der Waals surface area (Å²) in [5.41, 5.74) is 0.536. The van der Waals surface area contributed by atoms with E-state index < -0.39 is 5.97 Å². The highest BCUT2D eigenvalue weighted by Crippen LogP contribution is 2.60. The molecule has 3 aliphatic rings. The third-order valence-electron chi connectivity index (χ3n) is 7.99. The van der Waals surface area contributed by atoms with Crippen molar-refractivity contribution < 1.29 is 24.2 Å². The third kappa shape index (κ3) is 3.72. The fourth-order valence-corrected chi connectivity index (χ4v) is 6.54. The zero-order valence-electron chi connectivity index (χ0n) is 17.0. The topological polar surface area (TPSA) is 80.7 Å². The Bertz CT molecular complexity index is 788. The van der Waals surface area contributed by atoms with Crippen LogP contribution in [0.1, 0.15) is 68.6 Å². The summed E-state index contributed by atoms with van der Waals surface area (Å²) in [6, 6.07) is 9.15. The number of ether oxygens (including phenoxy) is 1. The second kappa shape index (κ2) is 7.92. The van der Waals surface area contributed by atoms with Crippen LogP contribution in [0.2, 0.25) is 0 Å². The number of fused-ring (bicyclic) bond motifs is 3. The Balaban J connectivity index is 1.48. The molecule has 3 saturated carbocycles. The standard InChI is InChI=1S/C24H30O5/c1-24-14-13-16-17(7-10-20(25)18(16)8-12-22(26)27)19(24)9-11-21(24)29-23(28)15-5-3-2-4-6-15/h2-6,16-19,21H,7-14H2,1H3,(H,26,27)/t16-,17+,18+,19-,21-,24-/m0/s1. The number of Topliss-reactive ketones (excluding diaryl/α,β-unsaturated/α-hetero) is 1. The summed E-state index contributed by atoms with van der Waals surface area (Å²) >= 11 is 0. The van der Waals surface area contributed by atoms with Crippen LogP contribution in [0.25, 0.3) is 0 Å². The first kappa shape index (κ1) is 20.1. The normalized spacial score (nSPS) is 36.2. The van der Waals surface area contributed by atoms with Crippen LogP contribution in [0, 0.1) is 29.1 Å². The Morgan fingerprint density at radius 1 is 1.10 bits per heavy atom. The SMILES string of the molecule is C[C@]12CC[C@H]3[C@@H](CCC(=O)[C@@H]3CCC(=O)O)[C@@H]1CC[C@@H]2OC(=O)c1ccccc1. The van der Waals surface area contributed by atoms with Crippen LogP contribution in [0.4, 0.5) is 0 Å². The molecular formula is C24H30O5. The molecule has 0 aromatic heterocycles. The fraction of sp³-hybridized carbons (Fsp3) is 0.625. The molecule has 3 fully saturated rings. The van der Waals surface area contributed by atoms with Gasteiger partial charge in [-0.05, 0) is 68.4 Å². The van der Waals surface area contributed by atoms with Crippen molar-refractivity contribution in [2.75, 3.05) is 0 Å². The lowest BCUT2D eigenvalue weighted by atomic mass is 9.53. The van der Waals surface area contributed by atoms with Gasteiger partial charge in [0.15, 0.2) is 0 Å². The molecule has 156 valence electrons.